The smallest absolute Gasteiger partial charge is 0.238 e. The predicted octanol–water partition coefficient (Wildman–Crippen LogP) is 4.23. The standard InChI is InChI=1S/C19H13NO3/c1-22-17-7-6-14-9-13(4-5-15(14)11-17)10-16(12-20)19(21)18-3-2-8-23-18/h2-11H,1H3/b16-10+. The SMILES string of the molecule is COc1ccc2cc(/C=C(\C#N)C(=O)c3ccco3)ccc2c1. The van der Waals surface area contributed by atoms with E-state index in [4.69, 9.17) is 9.15 Å². The van der Waals surface area contributed by atoms with E-state index in [2.05, 4.69) is 0 Å². The molecule has 0 aliphatic rings. The first-order valence-corrected chi connectivity index (χ1v) is 6.99. The van der Waals surface area contributed by atoms with Crippen LogP contribution in [0.4, 0.5) is 0 Å². The summed E-state index contributed by atoms with van der Waals surface area (Å²) >= 11 is 0. The van der Waals surface area contributed by atoms with E-state index in [-0.39, 0.29) is 11.3 Å². The quantitative estimate of drug-likeness (QED) is 0.411. The van der Waals surface area contributed by atoms with Gasteiger partial charge in [0.2, 0.25) is 5.78 Å². The second-order valence-corrected chi connectivity index (χ2v) is 4.95. The molecule has 0 amide bonds. The van der Waals surface area contributed by atoms with Gasteiger partial charge >= 0.3 is 0 Å². The molecule has 4 heteroatoms. The average Bonchev–Trinajstić information content (AvgIpc) is 3.13. The molecular weight excluding hydrogens is 290 g/mol. The van der Waals surface area contributed by atoms with Crippen molar-refractivity contribution in [1.82, 2.24) is 0 Å². The van der Waals surface area contributed by atoms with Gasteiger partial charge in [-0.1, -0.05) is 18.2 Å². The van der Waals surface area contributed by atoms with E-state index in [0.29, 0.717) is 0 Å². The minimum atomic E-state index is -0.424. The maximum atomic E-state index is 12.2. The minimum Gasteiger partial charge on any atom is -0.497 e. The van der Waals surface area contributed by atoms with Gasteiger partial charge in [-0.05, 0) is 52.7 Å². The third kappa shape index (κ3) is 2.99. The molecule has 1 aromatic heterocycles. The molecule has 0 atom stereocenters. The highest BCUT2D eigenvalue weighted by molar-refractivity contribution is 6.12. The molecule has 0 aliphatic heterocycles. The number of fused-ring (bicyclic) bond motifs is 1. The lowest BCUT2D eigenvalue weighted by atomic mass is 10.0. The molecule has 1 heterocycles. The summed E-state index contributed by atoms with van der Waals surface area (Å²) < 4.78 is 10.3. The summed E-state index contributed by atoms with van der Waals surface area (Å²) in [5, 5.41) is 11.3. The maximum Gasteiger partial charge on any atom is 0.238 e. The zero-order valence-electron chi connectivity index (χ0n) is 12.4. The van der Waals surface area contributed by atoms with Crippen molar-refractivity contribution >= 4 is 22.6 Å². The van der Waals surface area contributed by atoms with Crippen molar-refractivity contribution in [2.75, 3.05) is 7.11 Å². The number of hydrogen-bond acceptors (Lipinski definition) is 4. The Morgan fingerprint density at radius 3 is 2.65 bits per heavy atom. The molecule has 3 aromatic rings. The fourth-order valence-electron chi connectivity index (χ4n) is 2.31. The number of nitrogens with zero attached hydrogens (tertiary/aromatic N) is 1. The Labute approximate surface area is 133 Å². The Hall–Kier alpha value is -3.32. The van der Waals surface area contributed by atoms with Crippen LogP contribution in [0.25, 0.3) is 16.8 Å². The van der Waals surface area contributed by atoms with E-state index in [1.807, 2.05) is 42.5 Å². The maximum absolute atomic E-state index is 12.2. The molecule has 2 aromatic carbocycles. The van der Waals surface area contributed by atoms with E-state index in [0.717, 1.165) is 22.1 Å². The van der Waals surface area contributed by atoms with Gasteiger partial charge in [0.1, 0.15) is 17.4 Å². The molecule has 0 fully saturated rings. The summed E-state index contributed by atoms with van der Waals surface area (Å²) in [6.45, 7) is 0. The first-order valence-electron chi connectivity index (χ1n) is 6.99. The molecule has 0 radical (unpaired) electrons. The molecule has 0 saturated carbocycles. The molecule has 0 bridgehead atoms. The summed E-state index contributed by atoms with van der Waals surface area (Å²) in [6.07, 6.45) is 2.97. The number of methoxy groups -OCH3 is 1. The number of Topliss-reactive ketones (excluding diaryl/α,β-unsaturated/α-hetero) is 1. The van der Waals surface area contributed by atoms with Gasteiger partial charge < -0.3 is 9.15 Å². The van der Waals surface area contributed by atoms with Crippen LogP contribution in [0.3, 0.4) is 0 Å². The van der Waals surface area contributed by atoms with Gasteiger partial charge in [-0.25, -0.2) is 0 Å². The Morgan fingerprint density at radius 1 is 1.17 bits per heavy atom. The van der Waals surface area contributed by atoms with Crippen molar-refractivity contribution in [1.29, 1.82) is 5.26 Å². The predicted molar refractivity (Wildman–Crippen MR) is 87.1 cm³/mol. The lowest BCUT2D eigenvalue weighted by molar-refractivity contribution is 0.101. The minimum absolute atomic E-state index is 0.0350. The Balaban J connectivity index is 1.98. The third-order valence-electron chi connectivity index (χ3n) is 3.49. The Morgan fingerprint density at radius 2 is 1.96 bits per heavy atom. The van der Waals surface area contributed by atoms with Crippen LogP contribution in [0.1, 0.15) is 16.1 Å². The van der Waals surface area contributed by atoms with Gasteiger partial charge in [0.05, 0.1) is 13.4 Å². The van der Waals surface area contributed by atoms with E-state index in [1.165, 1.54) is 6.26 Å². The number of hydrogen-bond donors (Lipinski definition) is 0. The van der Waals surface area contributed by atoms with Crippen molar-refractivity contribution < 1.29 is 13.9 Å². The van der Waals surface area contributed by atoms with E-state index < -0.39 is 5.78 Å². The monoisotopic (exact) mass is 303 g/mol. The molecule has 0 aliphatic carbocycles. The van der Waals surface area contributed by atoms with Crippen LogP contribution in [-0.4, -0.2) is 12.9 Å². The van der Waals surface area contributed by atoms with Crippen molar-refractivity contribution in [3.05, 3.63) is 71.7 Å². The molecule has 0 spiro atoms. The van der Waals surface area contributed by atoms with E-state index >= 15 is 0 Å². The number of ketones is 1. The summed E-state index contributed by atoms with van der Waals surface area (Å²) in [6, 6.07) is 16.5. The van der Waals surface area contributed by atoms with Gasteiger partial charge in [0, 0.05) is 0 Å². The first kappa shape index (κ1) is 14.6. The molecule has 0 N–H and O–H groups in total. The number of ether oxygens (including phenoxy) is 1. The van der Waals surface area contributed by atoms with Crippen molar-refractivity contribution in [2.45, 2.75) is 0 Å². The fourth-order valence-corrected chi connectivity index (χ4v) is 2.31. The van der Waals surface area contributed by atoms with Gasteiger partial charge in [0.25, 0.3) is 0 Å². The molecule has 0 unspecified atom stereocenters. The molecular formula is C19H13NO3. The highest BCUT2D eigenvalue weighted by atomic mass is 16.5. The Kier molecular flexibility index (Phi) is 3.94. The normalized spacial score (nSPS) is 11.2. The van der Waals surface area contributed by atoms with Gasteiger partial charge in [-0.3, -0.25) is 4.79 Å². The third-order valence-corrected chi connectivity index (χ3v) is 3.49. The summed E-state index contributed by atoms with van der Waals surface area (Å²) in [7, 11) is 1.62. The number of carbonyl (C=O) groups excluding carboxylic acids is 1. The largest absolute Gasteiger partial charge is 0.497 e. The van der Waals surface area contributed by atoms with Crippen LogP contribution < -0.4 is 4.74 Å². The zero-order chi connectivity index (χ0) is 16.2. The molecule has 0 saturated heterocycles. The number of nitriles is 1. The van der Waals surface area contributed by atoms with Crippen LogP contribution in [-0.2, 0) is 0 Å². The summed E-state index contributed by atoms with van der Waals surface area (Å²) in [5.41, 5.74) is 0.812. The van der Waals surface area contributed by atoms with Gasteiger partial charge in [-0.2, -0.15) is 5.26 Å². The number of benzene rings is 2. The fraction of sp³-hybridized carbons (Fsp3) is 0.0526. The number of rotatable bonds is 4. The average molecular weight is 303 g/mol. The summed E-state index contributed by atoms with van der Waals surface area (Å²) in [5.74, 6) is 0.516. The second kappa shape index (κ2) is 6.20. The van der Waals surface area contributed by atoms with Gasteiger partial charge in [-0.15, -0.1) is 0 Å². The van der Waals surface area contributed by atoms with Crippen molar-refractivity contribution in [2.24, 2.45) is 0 Å². The van der Waals surface area contributed by atoms with Crippen LogP contribution in [0.15, 0.2) is 64.8 Å². The van der Waals surface area contributed by atoms with Gasteiger partial charge in [0.15, 0.2) is 5.76 Å². The summed E-state index contributed by atoms with van der Waals surface area (Å²) in [4.78, 5) is 12.2. The molecule has 4 nitrogen and oxygen atoms in total. The number of carbonyl (C=O) groups is 1. The van der Waals surface area contributed by atoms with E-state index in [1.54, 1.807) is 25.3 Å². The molecule has 23 heavy (non-hydrogen) atoms. The number of allylic oxidation sites excluding steroid dienone is 1. The van der Waals surface area contributed by atoms with Crippen molar-refractivity contribution in [3.8, 4) is 11.8 Å². The van der Waals surface area contributed by atoms with Crippen LogP contribution in [0, 0.1) is 11.3 Å². The Bertz CT molecular complexity index is 931. The van der Waals surface area contributed by atoms with Crippen molar-refractivity contribution in [3.63, 3.8) is 0 Å². The lowest BCUT2D eigenvalue weighted by Crippen LogP contribution is -1.99. The molecule has 112 valence electrons. The zero-order valence-corrected chi connectivity index (χ0v) is 12.4. The van der Waals surface area contributed by atoms with Crippen LogP contribution in [0.2, 0.25) is 0 Å². The second-order valence-electron chi connectivity index (χ2n) is 4.95. The van der Waals surface area contributed by atoms with Crippen LogP contribution in [0.5, 0.6) is 5.75 Å². The first-order chi connectivity index (χ1) is 11.2. The van der Waals surface area contributed by atoms with Crippen LogP contribution >= 0.6 is 0 Å². The highest BCUT2D eigenvalue weighted by Crippen LogP contribution is 2.23. The topological polar surface area (TPSA) is 63.2 Å². The lowest BCUT2D eigenvalue weighted by Gasteiger charge is -2.04. The van der Waals surface area contributed by atoms with E-state index in [9.17, 15) is 10.1 Å². The number of furan rings is 1. The molecule has 3 rings (SSSR count). The highest BCUT2D eigenvalue weighted by Gasteiger charge is 2.14.